The smallest absolute Gasteiger partial charge is 0.303 e. The molecule has 8 nitrogen and oxygen atoms in total. The van der Waals surface area contributed by atoms with E-state index >= 15 is 0 Å². The molecule has 5 rings (SSSR count). The van der Waals surface area contributed by atoms with Crippen LogP contribution in [0, 0.1) is 6.92 Å². The number of hydrogen-bond acceptors (Lipinski definition) is 7. The molecule has 196 valence electrons. The molecular formula is C29H28N2O6S. The summed E-state index contributed by atoms with van der Waals surface area (Å²) in [6.07, 6.45) is 0.733. The van der Waals surface area contributed by atoms with E-state index in [2.05, 4.69) is 10.3 Å². The number of sulfone groups is 1. The number of aryl methyl sites for hydroxylation is 2. The molecule has 3 aromatic carbocycles. The van der Waals surface area contributed by atoms with Gasteiger partial charge in [0.05, 0.1) is 17.2 Å². The van der Waals surface area contributed by atoms with Gasteiger partial charge in [-0.2, -0.15) is 0 Å². The van der Waals surface area contributed by atoms with Gasteiger partial charge in [-0.05, 0) is 54.8 Å². The summed E-state index contributed by atoms with van der Waals surface area (Å²) in [5, 5.41) is 11.3. The standard InChI is InChI=1S/C29H28N2O6S/c1-19-24(31-28(37-19)21-8-4-2-5-9-21)16-17-36-25-14-12-20(13-15-26(32)33)23-18-30-29(27(23)25)38(34,35)22-10-6-3-7-11-22/h2-12,14,29-30H,13,15-18H2,1H3,(H,32,33). The molecule has 0 bridgehead atoms. The Morgan fingerprint density at radius 3 is 2.47 bits per heavy atom. The minimum Gasteiger partial charge on any atom is -0.493 e. The molecule has 0 saturated heterocycles. The number of carboxylic acid groups (broad SMARTS) is 1. The molecule has 0 radical (unpaired) electrons. The van der Waals surface area contributed by atoms with Crippen LogP contribution in [0.4, 0.5) is 0 Å². The van der Waals surface area contributed by atoms with Gasteiger partial charge in [0.2, 0.25) is 5.89 Å². The second kappa shape index (κ2) is 10.8. The monoisotopic (exact) mass is 532 g/mol. The third kappa shape index (κ3) is 5.20. The van der Waals surface area contributed by atoms with E-state index in [4.69, 9.17) is 9.15 Å². The van der Waals surface area contributed by atoms with E-state index in [1.807, 2.05) is 43.3 Å². The van der Waals surface area contributed by atoms with Gasteiger partial charge in [-0.25, -0.2) is 13.4 Å². The number of hydrogen-bond donors (Lipinski definition) is 2. The first-order valence-electron chi connectivity index (χ1n) is 12.4. The molecule has 1 aliphatic heterocycles. The van der Waals surface area contributed by atoms with Crippen LogP contribution in [-0.4, -0.2) is 31.1 Å². The van der Waals surface area contributed by atoms with Crippen LogP contribution < -0.4 is 10.1 Å². The topological polar surface area (TPSA) is 119 Å². The van der Waals surface area contributed by atoms with Gasteiger partial charge in [-0.1, -0.05) is 42.5 Å². The summed E-state index contributed by atoms with van der Waals surface area (Å²) in [5.74, 6) is 0.794. The summed E-state index contributed by atoms with van der Waals surface area (Å²) < 4.78 is 39.1. The highest BCUT2D eigenvalue weighted by molar-refractivity contribution is 7.91. The molecule has 0 aliphatic carbocycles. The van der Waals surface area contributed by atoms with Crippen LogP contribution >= 0.6 is 0 Å². The number of aliphatic carboxylic acids is 1. The fourth-order valence-electron chi connectivity index (χ4n) is 4.72. The Labute approximate surface area is 221 Å². The third-order valence-corrected chi connectivity index (χ3v) is 8.59. The number of benzene rings is 3. The molecule has 0 spiro atoms. The van der Waals surface area contributed by atoms with E-state index in [0.29, 0.717) is 42.4 Å². The number of oxazole rings is 1. The van der Waals surface area contributed by atoms with Crippen LogP contribution in [-0.2, 0) is 34.0 Å². The van der Waals surface area contributed by atoms with Gasteiger partial charge in [0.25, 0.3) is 0 Å². The second-order valence-electron chi connectivity index (χ2n) is 9.11. The third-order valence-electron chi connectivity index (χ3n) is 6.64. The van der Waals surface area contributed by atoms with Crippen molar-refractivity contribution in [1.82, 2.24) is 10.3 Å². The Balaban J connectivity index is 1.41. The normalized spacial score (nSPS) is 14.8. The van der Waals surface area contributed by atoms with Gasteiger partial charge >= 0.3 is 5.97 Å². The summed E-state index contributed by atoms with van der Waals surface area (Å²) in [6, 6.07) is 21.5. The summed E-state index contributed by atoms with van der Waals surface area (Å²) in [5.41, 5.74) is 3.77. The van der Waals surface area contributed by atoms with Crippen molar-refractivity contribution < 1.29 is 27.5 Å². The van der Waals surface area contributed by atoms with E-state index in [1.54, 1.807) is 36.4 Å². The fraction of sp³-hybridized carbons (Fsp3) is 0.241. The van der Waals surface area contributed by atoms with Crippen LogP contribution in [0.5, 0.6) is 5.75 Å². The first kappa shape index (κ1) is 25.7. The van der Waals surface area contributed by atoms with Crippen molar-refractivity contribution in [2.24, 2.45) is 0 Å². The number of nitrogens with one attached hydrogen (secondary N) is 1. The lowest BCUT2D eigenvalue weighted by Crippen LogP contribution is -2.23. The van der Waals surface area contributed by atoms with Crippen LogP contribution in [0.25, 0.3) is 11.5 Å². The van der Waals surface area contributed by atoms with E-state index in [9.17, 15) is 18.3 Å². The summed E-state index contributed by atoms with van der Waals surface area (Å²) in [7, 11) is -3.77. The van der Waals surface area contributed by atoms with Crippen LogP contribution in [0.3, 0.4) is 0 Å². The first-order valence-corrected chi connectivity index (χ1v) is 13.9. The lowest BCUT2D eigenvalue weighted by Gasteiger charge is -2.18. The number of rotatable bonds is 10. The molecule has 1 aromatic heterocycles. The van der Waals surface area contributed by atoms with Crippen molar-refractivity contribution in [3.05, 3.63) is 101 Å². The van der Waals surface area contributed by atoms with Gasteiger partial charge in [-0.15, -0.1) is 0 Å². The zero-order valence-electron chi connectivity index (χ0n) is 20.9. The van der Waals surface area contributed by atoms with E-state index < -0.39 is 21.2 Å². The average Bonchev–Trinajstić information content (AvgIpc) is 3.54. The largest absolute Gasteiger partial charge is 0.493 e. The van der Waals surface area contributed by atoms with Gasteiger partial charge in [0.1, 0.15) is 16.9 Å². The maximum absolute atomic E-state index is 13.6. The SMILES string of the molecule is Cc1oc(-c2ccccc2)nc1CCOc1ccc(CCC(=O)O)c2c1C(S(=O)(=O)c1ccccc1)NC2. The maximum Gasteiger partial charge on any atom is 0.303 e. The molecular weight excluding hydrogens is 504 g/mol. The molecule has 2 N–H and O–H groups in total. The highest BCUT2D eigenvalue weighted by Gasteiger charge is 2.38. The van der Waals surface area contributed by atoms with E-state index in [-0.39, 0.29) is 17.9 Å². The van der Waals surface area contributed by atoms with Crippen LogP contribution in [0.15, 0.2) is 82.1 Å². The van der Waals surface area contributed by atoms with Crippen molar-refractivity contribution in [1.29, 1.82) is 0 Å². The van der Waals surface area contributed by atoms with Crippen LogP contribution in [0.2, 0.25) is 0 Å². The predicted octanol–water partition coefficient (Wildman–Crippen LogP) is 4.86. The Kier molecular flexibility index (Phi) is 7.31. The number of nitrogens with zero attached hydrogens (tertiary/aromatic N) is 1. The number of ether oxygens (including phenoxy) is 1. The Morgan fingerprint density at radius 2 is 1.76 bits per heavy atom. The van der Waals surface area contributed by atoms with Crippen molar-refractivity contribution in [2.75, 3.05) is 6.61 Å². The fourth-order valence-corrected chi connectivity index (χ4v) is 6.40. The van der Waals surface area contributed by atoms with Gasteiger partial charge in [-0.3, -0.25) is 10.1 Å². The lowest BCUT2D eigenvalue weighted by atomic mass is 9.98. The predicted molar refractivity (Wildman–Crippen MR) is 141 cm³/mol. The highest BCUT2D eigenvalue weighted by atomic mass is 32.2. The second-order valence-corrected chi connectivity index (χ2v) is 11.1. The lowest BCUT2D eigenvalue weighted by molar-refractivity contribution is -0.136. The number of carbonyl (C=O) groups is 1. The zero-order valence-corrected chi connectivity index (χ0v) is 21.7. The molecule has 9 heteroatoms. The first-order chi connectivity index (χ1) is 18.3. The highest BCUT2D eigenvalue weighted by Crippen LogP contribution is 2.41. The zero-order chi connectivity index (χ0) is 26.7. The Morgan fingerprint density at radius 1 is 1.05 bits per heavy atom. The minimum atomic E-state index is -3.77. The Hall–Kier alpha value is -3.95. The van der Waals surface area contributed by atoms with Gasteiger partial charge in [0.15, 0.2) is 9.84 Å². The van der Waals surface area contributed by atoms with E-state index in [0.717, 1.165) is 22.4 Å². The van der Waals surface area contributed by atoms with Crippen LogP contribution in [0.1, 0.15) is 39.9 Å². The molecule has 38 heavy (non-hydrogen) atoms. The molecule has 1 atom stereocenters. The minimum absolute atomic E-state index is 0.0437. The molecule has 0 saturated carbocycles. The van der Waals surface area contributed by atoms with E-state index in [1.165, 1.54) is 0 Å². The molecule has 2 heterocycles. The molecule has 1 unspecified atom stereocenters. The molecule has 1 aliphatic rings. The van der Waals surface area contributed by atoms with Gasteiger partial charge in [0, 0.05) is 30.5 Å². The summed E-state index contributed by atoms with van der Waals surface area (Å²) in [4.78, 5) is 16.0. The van der Waals surface area contributed by atoms with Crippen molar-refractivity contribution >= 4 is 15.8 Å². The summed E-state index contributed by atoms with van der Waals surface area (Å²) >= 11 is 0. The maximum atomic E-state index is 13.6. The Bertz CT molecular complexity index is 1550. The number of fused-ring (bicyclic) bond motifs is 1. The van der Waals surface area contributed by atoms with Crippen molar-refractivity contribution in [3.8, 4) is 17.2 Å². The summed E-state index contributed by atoms with van der Waals surface area (Å²) in [6.45, 7) is 2.43. The number of carboxylic acids is 1. The molecule has 0 amide bonds. The molecule has 4 aromatic rings. The van der Waals surface area contributed by atoms with Crippen molar-refractivity contribution in [3.63, 3.8) is 0 Å². The quantitative estimate of drug-likeness (QED) is 0.297. The van der Waals surface area contributed by atoms with Crippen molar-refractivity contribution in [2.45, 2.75) is 43.0 Å². The number of aromatic nitrogens is 1. The average molecular weight is 533 g/mol. The molecule has 0 fully saturated rings. The van der Waals surface area contributed by atoms with Gasteiger partial charge < -0.3 is 14.3 Å².